The molecule has 2 atom stereocenters. The highest BCUT2D eigenvalue weighted by Crippen LogP contribution is 2.14. The van der Waals surface area contributed by atoms with Crippen LogP contribution < -0.4 is 5.32 Å². The molecule has 0 aliphatic rings. The van der Waals surface area contributed by atoms with Gasteiger partial charge in [-0.2, -0.15) is 0 Å². The first-order valence-electron chi connectivity index (χ1n) is 11.3. The van der Waals surface area contributed by atoms with Crippen molar-refractivity contribution in [3.05, 3.63) is 71.8 Å². The smallest absolute Gasteiger partial charge is 0.407 e. The standard InChI is InChI=1S/C26H34N2O7/c1-26(2,3)35-25(31)27-21(16-19-12-8-6-9-13-19)23(24(30)28(4)32-5)34-18-22(29)33-17-20-14-10-7-11-15-20/h6-15,21,23H,16-18H2,1-5H3,(H,27,31)/t21-,23+/m0/s1. The second-order valence-corrected chi connectivity index (χ2v) is 8.84. The number of rotatable bonds is 11. The summed E-state index contributed by atoms with van der Waals surface area (Å²) in [6.07, 6.45) is -1.73. The van der Waals surface area contributed by atoms with Gasteiger partial charge in [0.1, 0.15) is 18.8 Å². The van der Waals surface area contributed by atoms with Crippen LogP contribution >= 0.6 is 0 Å². The Morgan fingerprint density at radius 3 is 2.06 bits per heavy atom. The Balaban J connectivity index is 2.18. The molecule has 0 bridgehead atoms. The maximum absolute atomic E-state index is 13.1. The third kappa shape index (κ3) is 10.2. The van der Waals surface area contributed by atoms with E-state index in [9.17, 15) is 14.4 Å². The second kappa shape index (κ2) is 13.5. The second-order valence-electron chi connectivity index (χ2n) is 8.84. The molecule has 0 saturated heterocycles. The lowest BCUT2D eigenvalue weighted by Crippen LogP contribution is -2.54. The van der Waals surface area contributed by atoms with Crippen molar-refractivity contribution in [2.45, 2.75) is 51.5 Å². The minimum absolute atomic E-state index is 0.0726. The minimum atomic E-state index is -1.25. The van der Waals surface area contributed by atoms with E-state index in [1.807, 2.05) is 60.7 Å². The first-order chi connectivity index (χ1) is 16.6. The predicted molar refractivity (Wildman–Crippen MR) is 129 cm³/mol. The first kappa shape index (κ1) is 27.8. The van der Waals surface area contributed by atoms with Crippen LogP contribution in [0, 0.1) is 0 Å². The van der Waals surface area contributed by atoms with Gasteiger partial charge in [0, 0.05) is 7.05 Å². The first-order valence-corrected chi connectivity index (χ1v) is 11.3. The molecular weight excluding hydrogens is 452 g/mol. The average Bonchev–Trinajstić information content (AvgIpc) is 2.82. The summed E-state index contributed by atoms with van der Waals surface area (Å²) in [6, 6.07) is 17.6. The van der Waals surface area contributed by atoms with Crippen molar-refractivity contribution in [2.75, 3.05) is 20.8 Å². The van der Waals surface area contributed by atoms with Crippen LogP contribution in [0.1, 0.15) is 31.9 Å². The lowest BCUT2D eigenvalue weighted by atomic mass is 10.0. The molecule has 2 amide bonds. The van der Waals surface area contributed by atoms with Gasteiger partial charge in [0.25, 0.3) is 5.91 Å². The van der Waals surface area contributed by atoms with E-state index in [0.717, 1.165) is 16.2 Å². The number of hydrogen-bond donors (Lipinski definition) is 1. The summed E-state index contributed by atoms with van der Waals surface area (Å²) >= 11 is 0. The number of hydroxylamine groups is 2. The van der Waals surface area contributed by atoms with Crippen LogP contribution in [0.15, 0.2) is 60.7 Å². The maximum Gasteiger partial charge on any atom is 0.407 e. The van der Waals surface area contributed by atoms with Crippen LogP contribution in [0.25, 0.3) is 0 Å². The van der Waals surface area contributed by atoms with E-state index in [-0.39, 0.29) is 13.0 Å². The van der Waals surface area contributed by atoms with Crippen molar-refractivity contribution < 1.29 is 33.4 Å². The summed E-state index contributed by atoms with van der Waals surface area (Å²) in [5.74, 6) is -1.23. The summed E-state index contributed by atoms with van der Waals surface area (Å²) in [5, 5.41) is 3.70. The summed E-state index contributed by atoms with van der Waals surface area (Å²) in [7, 11) is 2.75. The number of alkyl carbamates (subject to hydrolysis) is 1. The van der Waals surface area contributed by atoms with Gasteiger partial charge in [-0.3, -0.25) is 9.63 Å². The highest BCUT2D eigenvalue weighted by molar-refractivity contribution is 5.82. The van der Waals surface area contributed by atoms with Gasteiger partial charge in [-0.05, 0) is 38.3 Å². The number of carbonyl (C=O) groups is 3. The van der Waals surface area contributed by atoms with E-state index in [0.29, 0.717) is 0 Å². The molecule has 2 aromatic rings. The third-order valence-corrected chi connectivity index (χ3v) is 4.82. The summed E-state index contributed by atoms with van der Waals surface area (Å²) in [4.78, 5) is 43.1. The molecule has 9 nitrogen and oxygen atoms in total. The fraction of sp³-hybridized carbons (Fsp3) is 0.423. The van der Waals surface area contributed by atoms with Crippen molar-refractivity contribution in [3.63, 3.8) is 0 Å². The number of likely N-dealkylation sites (N-methyl/N-ethyl adjacent to an activating group) is 1. The number of ether oxygens (including phenoxy) is 3. The molecule has 0 saturated carbocycles. The number of hydrogen-bond acceptors (Lipinski definition) is 7. The van der Waals surface area contributed by atoms with Gasteiger partial charge in [0.15, 0.2) is 6.10 Å². The summed E-state index contributed by atoms with van der Waals surface area (Å²) < 4.78 is 16.4. The zero-order chi connectivity index (χ0) is 25.8. The van der Waals surface area contributed by atoms with E-state index in [1.54, 1.807) is 20.8 Å². The minimum Gasteiger partial charge on any atom is -0.459 e. The molecule has 0 fully saturated rings. The van der Waals surface area contributed by atoms with Gasteiger partial charge in [-0.15, -0.1) is 0 Å². The lowest BCUT2D eigenvalue weighted by Gasteiger charge is -2.30. The quantitative estimate of drug-likeness (QED) is 0.384. The topological polar surface area (TPSA) is 103 Å². The van der Waals surface area contributed by atoms with E-state index >= 15 is 0 Å². The molecule has 0 heterocycles. The molecule has 0 aliphatic heterocycles. The Bertz CT molecular complexity index is 945. The van der Waals surface area contributed by atoms with Crippen LogP contribution in [0.3, 0.4) is 0 Å². The fourth-order valence-corrected chi connectivity index (χ4v) is 3.13. The van der Waals surface area contributed by atoms with Crippen LogP contribution in [-0.2, 0) is 41.7 Å². The highest BCUT2D eigenvalue weighted by atomic mass is 16.7. The molecule has 0 aromatic heterocycles. The lowest BCUT2D eigenvalue weighted by molar-refractivity contribution is -0.184. The SMILES string of the molecule is CON(C)C(=O)[C@H](OCC(=O)OCc1ccccc1)[C@H](Cc1ccccc1)NC(=O)OC(C)(C)C. The van der Waals surface area contributed by atoms with E-state index in [1.165, 1.54) is 14.2 Å². The van der Waals surface area contributed by atoms with Crippen LogP contribution in [0.5, 0.6) is 0 Å². The normalized spacial score (nSPS) is 12.8. The van der Waals surface area contributed by atoms with Gasteiger partial charge in [-0.1, -0.05) is 60.7 Å². The largest absolute Gasteiger partial charge is 0.459 e. The number of benzene rings is 2. The zero-order valence-electron chi connectivity index (χ0n) is 20.9. The Labute approximate surface area is 206 Å². The zero-order valence-corrected chi connectivity index (χ0v) is 20.9. The third-order valence-electron chi connectivity index (χ3n) is 4.82. The molecular formula is C26H34N2O7. The van der Waals surface area contributed by atoms with Crippen molar-refractivity contribution in [2.24, 2.45) is 0 Å². The summed E-state index contributed by atoms with van der Waals surface area (Å²) in [5.41, 5.74) is 0.926. The van der Waals surface area contributed by atoms with Crippen molar-refractivity contribution in [3.8, 4) is 0 Å². The van der Waals surface area contributed by atoms with Crippen molar-refractivity contribution in [1.82, 2.24) is 10.4 Å². The summed E-state index contributed by atoms with van der Waals surface area (Å²) in [6.45, 7) is 4.78. The van der Waals surface area contributed by atoms with Crippen LogP contribution in [0.4, 0.5) is 4.79 Å². The number of nitrogens with one attached hydrogen (secondary N) is 1. The van der Waals surface area contributed by atoms with Gasteiger partial charge in [-0.25, -0.2) is 14.7 Å². The molecule has 35 heavy (non-hydrogen) atoms. The highest BCUT2D eigenvalue weighted by Gasteiger charge is 2.35. The maximum atomic E-state index is 13.1. The molecule has 1 N–H and O–H groups in total. The van der Waals surface area contributed by atoms with Gasteiger partial charge < -0.3 is 19.5 Å². The number of esters is 1. The van der Waals surface area contributed by atoms with Crippen LogP contribution in [-0.4, -0.2) is 61.5 Å². The molecule has 0 spiro atoms. The van der Waals surface area contributed by atoms with E-state index < -0.39 is 42.3 Å². The Hall–Kier alpha value is -3.43. The number of nitrogens with zero attached hydrogens (tertiary/aromatic N) is 1. The van der Waals surface area contributed by atoms with E-state index in [2.05, 4.69) is 5.32 Å². The molecule has 2 aromatic carbocycles. The van der Waals surface area contributed by atoms with Crippen molar-refractivity contribution >= 4 is 18.0 Å². The van der Waals surface area contributed by atoms with E-state index in [4.69, 9.17) is 19.0 Å². The van der Waals surface area contributed by atoms with Gasteiger partial charge >= 0.3 is 12.1 Å². The Morgan fingerprint density at radius 1 is 0.943 bits per heavy atom. The number of amides is 2. The van der Waals surface area contributed by atoms with Crippen LogP contribution in [0.2, 0.25) is 0 Å². The van der Waals surface area contributed by atoms with Gasteiger partial charge in [0.05, 0.1) is 13.2 Å². The molecule has 9 heteroatoms. The molecule has 0 radical (unpaired) electrons. The average molecular weight is 487 g/mol. The predicted octanol–water partition coefficient (Wildman–Crippen LogP) is 3.27. The fourth-order valence-electron chi connectivity index (χ4n) is 3.13. The molecule has 190 valence electrons. The Morgan fingerprint density at radius 2 is 1.51 bits per heavy atom. The van der Waals surface area contributed by atoms with Crippen molar-refractivity contribution in [1.29, 1.82) is 0 Å². The molecule has 0 aliphatic carbocycles. The molecule has 2 rings (SSSR count). The number of carbonyl (C=O) groups excluding carboxylic acids is 3. The monoisotopic (exact) mass is 486 g/mol. The van der Waals surface area contributed by atoms with Gasteiger partial charge in [0.2, 0.25) is 0 Å². The molecule has 0 unspecified atom stereocenters. The Kier molecular flexibility index (Phi) is 10.7.